The first-order chi connectivity index (χ1) is 7.18. The topological polar surface area (TPSA) is 78.9 Å². The summed E-state index contributed by atoms with van der Waals surface area (Å²) in [6.45, 7) is 1.92. The summed E-state index contributed by atoms with van der Waals surface area (Å²) in [7, 11) is 0. The zero-order chi connectivity index (χ0) is 10.8. The number of rotatable bonds is 2. The van der Waals surface area contributed by atoms with E-state index in [-0.39, 0.29) is 5.56 Å². The molecule has 2 aromatic rings. The van der Waals surface area contributed by atoms with Gasteiger partial charge in [-0.05, 0) is 24.6 Å². The van der Waals surface area contributed by atoms with Crippen molar-refractivity contribution in [3.05, 3.63) is 35.7 Å². The molecule has 2 heterocycles. The zero-order valence-electron chi connectivity index (χ0n) is 8.06. The molecular weight excluding hydrogens is 194 g/mol. The maximum absolute atomic E-state index is 10.7. The summed E-state index contributed by atoms with van der Waals surface area (Å²) >= 11 is 0. The lowest BCUT2D eigenvalue weighted by atomic mass is 10.2. The summed E-state index contributed by atoms with van der Waals surface area (Å²) in [5.41, 5.74) is 2.48. The first kappa shape index (κ1) is 9.39. The van der Waals surface area contributed by atoms with Gasteiger partial charge in [-0.25, -0.2) is 4.79 Å². The van der Waals surface area contributed by atoms with E-state index in [4.69, 9.17) is 5.11 Å². The van der Waals surface area contributed by atoms with E-state index < -0.39 is 5.97 Å². The van der Waals surface area contributed by atoms with E-state index in [1.165, 1.54) is 12.3 Å². The molecule has 76 valence electrons. The Labute approximate surface area is 85.8 Å². The van der Waals surface area contributed by atoms with Gasteiger partial charge in [-0.3, -0.25) is 0 Å². The predicted molar refractivity (Wildman–Crippen MR) is 53.5 cm³/mol. The molecule has 5 nitrogen and oxygen atoms in total. The van der Waals surface area contributed by atoms with Gasteiger partial charge in [0, 0.05) is 6.20 Å². The van der Waals surface area contributed by atoms with E-state index in [1.54, 1.807) is 6.20 Å². The average Bonchev–Trinajstić information content (AvgIpc) is 2.64. The standard InChI is InChI=1S/C10H9N3O2/c1-6-2-3-11-9(6)8-4-7(10(14)15)5-12-13-8/h2-5,11H,1H3,(H,14,15). The van der Waals surface area contributed by atoms with Gasteiger partial charge in [0.15, 0.2) is 0 Å². The highest BCUT2D eigenvalue weighted by Gasteiger charge is 2.09. The number of aromatic nitrogens is 3. The van der Waals surface area contributed by atoms with Gasteiger partial charge in [-0.1, -0.05) is 0 Å². The number of carboxylic acids is 1. The van der Waals surface area contributed by atoms with Crippen molar-refractivity contribution >= 4 is 5.97 Å². The Balaban J connectivity index is 2.50. The average molecular weight is 203 g/mol. The van der Waals surface area contributed by atoms with Gasteiger partial charge >= 0.3 is 5.97 Å². The number of aryl methyl sites for hydroxylation is 1. The molecule has 0 aromatic carbocycles. The van der Waals surface area contributed by atoms with Gasteiger partial charge in [0.05, 0.1) is 17.5 Å². The quantitative estimate of drug-likeness (QED) is 0.774. The number of carbonyl (C=O) groups is 1. The van der Waals surface area contributed by atoms with Crippen LogP contribution in [0.2, 0.25) is 0 Å². The summed E-state index contributed by atoms with van der Waals surface area (Å²) in [5, 5.41) is 16.3. The van der Waals surface area contributed by atoms with Crippen LogP contribution in [0, 0.1) is 6.92 Å². The third-order valence-electron chi connectivity index (χ3n) is 2.11. The fraction of sp³-hybridized carbons (Fsp3) is 0.100. The molecule has 2 aromatic heterocycles. The Morgan fingerprint density at radius 3 is 2.93 bits per heavy atom. The number of nitrogens with one attached hydrogen (secondary N) is 1. The van der Waals surface area contributed by atoms with Gasteiger partial charge < -0.3 is 10.1 Å². The number of aromatic carboxylic acids is 1. The summed E-state index contributed by atoms with van der Waals surface area (Å²) in [6, 6.07) is 3.39. The molecule has 0 spiro atoms. The van der Waals surface area contributed by atoms with Crippen molar-refractivity contribution in [1.82, 2.24) is 15.2 Å². The van der Waals surface area contributed by atoms with Crippen LogP contribution >= 0.6 is 0 Å². The molecule has 0 fully saturated rings. The van der Waals surface area contributed by atoms with Crippen molar-refractivity contribution in [2.45, 2.75) is 6.92 Å². The van der Waals surface area contributed by atoms with Gasteiger partial charge in [-0.2, -0.15) is 5.10 Å². The van der Waals surface area contributed by atoms with Crippen LogP contribution in [-0.2, 0) is 0 Å². The lowest BCUT2D eigenvalue weighted by molar-refractivity contribution is 0.0696. The fourth-order valence-electron chi connectivity index (χ4n) is 1.33. The zero-order valence-corrected chi connectivity index (χ0v) is 8.06. The highest BCUT2D eigenvalue weighted by atomic mass is 16.4. The van der Waals surface area contributed by atoms with Crippen LogP contribution in [-0.4, -0.2) is 26.3 Å². The Morgan fingerprint density at radius 2 is 2.33 bits per heavy atom. The predicted octanol–water partition coefficient (Wildman–Crippen LogP) is 1.48. The monoisotopic (exact) mass is 203 g/mol. The number of aromatic amines is 1. The molecule has 2 N–H and O–H groups in total. The molecule has 0 unspecified atom stereocenters. The Kier molecular flexibility index (Phi) is 2.21. The Morgan fingerprint density at radius 1 is 1.53 bits per heavy atom. The van der Waals surface area contributed by atoms with Crippen molar-refractivity contribution in [3.63, 3.8) is 0 Å². The number of carboxylic acid groups (broad SMARTS) is 1. The van der Waals surface area contributed by atoms with Crippen LogP contribution in [0.5, 0.6) is 0 Å². The second-order valence-corrected chi connectivity index (χ2v) is 3.17. The van der Waals surface area contributed by atoms with E-state index in [9.17, 15) is 4.79 Å². The third kappa shape index (κ3) is 1.71. The number of nitrogens with zero attached hydrogens (tertiary/aromatic N) is 2. The van der Waals surface area contributed by atoms with Crippen LogP contribution in [0.15, 0.2) is 24.5 Å². The third-order valence-corrected chi connectivity index (χ3v) is 2.11. The minimum absolute atomic E-state index is 0.133. The van der Waals surface area contributed by atoms with Gasteiger partial charge in [0.25, 0.3) is 0 Å². The summed E-state index contributed by atoms with van der Waals surface area (Å²) in [6.07, 6.45) is 3.00. The molecular formula is C10H9N3O2. The first-order valence-electron chi connectivity index (χ1n) is 4.39. The molecule has 0 aliphatic rings. The Hall–Kier alpha value is -2.17. The van der Waals surface area contributed by atoms with Crippen molar-refractivity contribution in [2.75, 3.05) is 0 Å². The normalized spacial score (nSPS) is 10.2. The summed E-state index contributed by atoms with van der Waals surface area (Å²) < 4.78 is 0. The van der Waals surface area contributed by atoms with Gasteiger partial charge in [-0.15, -0.1) is 5.10 Å². The second-order valence-electron chi connectivity index (χ2n) is 3.17. The molecule has 2 rings (SSSR count). The van der Waals surface area contributed by atoms with Crippen molar-refractivity contribution in [3.8, 4) is 11.4 Å². The van der Waals surface area contributed by atoms with Crippen LogP contribution < -0.4 is 0 Å². The molecule has 15 heavy (non-hydrogen) atoms. The van der Waals surface area contributed by atoms with Crippen LogP contribution in [0.25, 0.3) is 11.4 Å². The van der Waals surface area contributed by atoms with Gasteiger partial charge in [0.1, 0.15) is 5.69 Å². The molecule has 0 amide bonds. The SMILES string of the molecule is Cc1cc[nH]c1-c1cc(C(=O)O)cnn1. The molecule has 0 saturated heterocycles. The molecule has 0 aliphatic carbocycles. The summed E-state index contributed by atoms with van der Waals surface area (Å²) in [4.78, 5) is 13.7. The van der Waals surface area contributed by atoms with Crippen molar-refractivity contribution in [2.24, 2.45) is 0 Å². The highest BCUT2D eigenvalue weighted by molar-refractivity contribution is 5.88. The van der Waals surface area contributed by atoms with Crippen LogP contribution in [0.1, 0.15) is 15.9 Å². The minimum atomic E-state index is -1.00. The van der Waals surface area contributed by atoms with E-state index in [0.717, 1.165) is 11.3 Å². The number of H-pyrrole nitrogens is 1. The maximum atomic E-state index is 10.7. The largest absolute Gasteiger partial charge is 0.478 e. The first-order valence-corrected chi connectivity index (χ1v) is 4.39. The van der Waals surface area contributed by atoms with Crippen LogP contribution in [0.3, 0.4) is 0 Å². The lowest BCUT2D eigenvalue weighted by Gasteiger charge is -1.99. The molecule has 0 bridgehead atoms. The van der Waals surface area contributed by atoms with E-state index >= 15 is 0 Å². The Bertz CT molecular complexity index is 505. The molecule has 0 saturated carbocycles. The molecule has 0 aliphatic heterocycles. The highest BCUT2D eigenvalue weighted by Crippen LogP contribution is 2.18. The maximum Gasteiger partial charge on any atom is 0.337 e. The van der Waals surface area contributed by atoms with E-state index in [1.807, 2.05) is 13.0 Å². The number of hydrogen-bond donors (Lipinski definition) is 2. The lowest BCUT2D eigenvalue weighted by Crippen LogP contribution is -1.99. The second kappa shape index (κ2) is 3.53. The van der Waals surface area contributed by atoms with Gasteiger partial charge in [0.2, 0.25) is 0 Å². The number of hydrogen-bond acceptors (Lipinski definition) is 3. The smallest absolute Gasteiger partial charge is 0.337 e. The fourth-order valence-corrected chi connectivity index (χ4v) is 1.33. The molecule has 5 heteroatoms. The van der Waals surface area contributed by atoms with Crippen molar-refractivity contribution < 1.29 is 9.90 Å². The van der Waals surface area contributed by atoms with E-state index in [0.29, 0.717) is 5.69 Å². The van der Waals surface area contributed by atoms with E-state index in [2.05, 4.69) is 15.2 Å². The molecule has 0 radical (unpaired) electrons. The van der Waals surface area contributed by atoms with Crippen LogP contribution in [0.4, 0.5) is 0 Å². The van der Waals surface area contributed by atoms with Crippen molar-refractivity contribution in [1.29, 1.82) is 0 Å². The molecule has 0 atom stereocenters. The summed E-state index contributed by atoms with van der Waals surface area (Å²) in [5.74, 6) is -1.00. The minimum Gasteiger partial charge on any atom is -0.478 e.